The average Bonchev–Trinajstić information content (AvgIpc) is 3.15. The standard InChI is InChI=1S/C34H28O23/c35-14-1-10(2-15(36)23(14)43)30(49)53-9-22-27(47)28(54-31(50)11-3-16(37)24(44)17(38)4-11)29(48)34(55-22,56-32(51)12-5-18(39)25(45)19(40)6-12)57-33(52)13-7-20(41)26(46)21(42)8-13/h1-8,22,27-29,35-48H,9H2/t22-,27-,28+,29-/m1/s1. The molecule has 23 nitrogen and oxygen atoms in total. The number of esters is 4. The smallest absolute Gasteiger partial charge is 0.408 e. The van der Waals surface area contributed by atoms with Crippen LogP contribution in [-0.2, 0) is 23.7 Å². The van der Waals surface area contributed by atoms with Crippen molar-refractivity contribution >= 4 is 23.9 Å². The number of aromatic hydroxyl groups is 12. The predicted molar refractivity (Wildman–Crippen MR) is 176 cm³/mol. The van der Waals surface area contributed by atoms with Crippen molar-refractivity contribution in [1.29, 1.82) is 0 Å². The fraction of sp³-hybridized carbons (Fsp3) is 0.176. The number of carbonyl (C=O) groups excluding carboxylic acids is 4. The van der Waals surface area contributed by atoms with Crippen LogP contribution in [0, 0.1) is 0 Å². The molecule has 0 aliphatic carbocycles. The van der Waals surface area contributed by atoms with Gasteiger partial charge in [0.25, 0.3) is 0 Å². The fourth-order valence-electron chi connectivity index (χ4n) is 5.10. The first-order chi connectivity index (χ1) is 26.6. The van der Waals surface area contributed by atoms with Gasteiger partial charge in [-0.2, -0.15) is 0 Å². The zero-order chi connectivity index (χ0) is 42.3. The molecule has 1 saturated heterocycles. The van der Waals surface area contributed by atoms with E-state index in [1.54, 1.807) is 0 Å². The van der Waals surface area contributed by atoms with E-state index >= 15 is 0 Å². The fourth-order valence-corrected chi connectivity index (χ4v) is 5.10. The van der Waals surface area contributed by atoms with Crippen LogP contribution in [-0.4, -0.2) is 132 Å². The molecular formula is C34H28O23. The molecule has 0 radical (unpaired) electrons. The van der Waals surface area contributed by atoms with Crippen molar-refractivity contribution < 1.29 is 114 Å². The molecule has 0 amide bonds. The number of aliphatic hydroxyl groups excluding tert-OH is 2. The Kier molecular flexibility index (Phi) is 10.8. The maximum Gasteiger partial charge on any atom is 0.408 e. The summed E-state index contributed by atoms with van der Waals surface area (Å²) in [5.41, 5.74) is -3.16. The van der Waals surface area contributed by atoms with Gasteiger partial charge in [-0.15, -0.1) is 0 Å². The van der Waals surface area contributed by atoms with Crippen molar-refractivity contribution in [1.82, 2.24) is 0 Å². The third-order valence-corrected chi connectivity index (χ3v) is 8.02. The summed E-state index contributed by atoms with van der Waals surface area (Å²) >= 11 is 0. The van der Waals surface area contributed by atoms with Gasteiger partial charge in [-0.3, -0.25) is 4.74 Å². The van der Waals surface area contributed by atoms with Crippen LogP contribution in [0.5, 0.6) is 69.0 Å². The second kappa shape index (κ2) is 15.2. The van der Waals surface area contributed by atoms with Crippen LogP contribution in [0.15, 0.2) is 48.5 Å². The summed E-state index contributed by atoms with van der Waals surface area (Å²) in [4.78, 5) is 53.2. The highest BCUT2D eigenvalue weighted by molar-refractivity contribution is 5.94. The van der Waals surface area contributed by atoms with E-state index in [0.29, 0.717) is 48.5 Å². The van der Waals surface area contributed by atoms with Crippen LogP contribution in [0.4, 0.5) is 0 Å². The molecule has 57 heavy (non-hydrogen) atoms. The molecule has 302 valence electrons. The van der Waals surface area contributed by atoms with E-state index in [-0.39, 0.29) is 0 Å². The van der Waals surface area contributed by atoms with Gasteiger partial charge in [-0.25, -0.2) is 19.2 Å². The van der Waals surface area contributed by atoms with Crippen LogP contribution in [0.2, 0.25) is 0 Å². The minimum Gasteiger partial charge on any atom is -0.504 e. The number of rotatable bonds is 9. The maximum atomic E-state index is 13.5. The van der Waals surface area contributed by atoms with Crippen molar-refractivity contribution in [2.75, 3.05) is 6.61 Å². The predicted octanol–water partition coefficient (Wildman–Crippen LogP) is 0.0246. The Morgan fingerprint density at radius 1 is 0.491 bits per heavy atom. The quantitative estimate of drug-likeness (QED) is 0.0459. The van der Waals surface area contributed by atoms with Gasteiger partial charge in [0.15, 0.2) is 75.1 Å². The summed E-state index contributed by atoms with van der Waals surface area (Å²) in [7, 11) is 0. The molecule has 0 spiro atoms. The van der Waals surface area contributed by atoms with Gasteiger partial charge in [0.1, 0.15) is 18.8 Å². The van der Waals surface area contributed by atoms with E-state index in [1.165, 1.54) is 0 Å². The number of hydrogen-bond acceptors (Lipinski definition) is 23. The Balaban J connectivity index is 1.61. The zero-order valence-corrected chi connectivity index (χ0v) is 28.1. The van der Waals surface area contributed by atoms with Crippen LogP contribution in [0.25, 0.3) is 0 Å². The van der Waals surface area contributed by atoms with Crippen molar-refractivity contribution in [2.24, 2.45) is 0 Å². The van der Waals surface area contributed by atoms with Gasteiger partial charge in [0, 0.05) is 0 Å². The molecular weight excluding hydrogens is 776 g/mol. The van der Waals surface area contributed by atoms with E-state index in [2.05, 4.69) is 0 Å². The Hall–Kier alpha value is -7.76. The van der Waals surface area contributed by atoms with E-state index in [1.807, 2.05) is 0 Å². The monoisotopic (exact) mass is 804 g/mol. The molecule has 4 atom stereocenters. The second-order valence-electron chi connectivity index (χ2n) is 11.9. The van der Waals surface area contributed by atoms with Crippen LogP contribution < -0.4 is 0 Å². The number of aliphatic hydroxyl groups is 2. The van der Waals surface area contributed by atoms with Gasteiger partial charge in [0.05, 0.1) is 22.3 Å². The third kappa shape index (κ3) is 7.90. The summed E-state index contributed by atoms with van der Waals surface area (Å²) < 4.78 is 26.2. The van der Waals surface area contributed by atoms with Gasteiger partial charge < -0.3 is 90.4 Å². The molecule has 0 saturated carbocycles. The number of ether oxygens (including phenoxy) is 5. The molecule has 1 heterocycles. The highest BCUT2D eigenvalue weighted by Crippen LogP contribution is 2.42. The van der Waals surface area contributed by atoms with Gasteiger partial charge in [0.2, 0.25) is 6.10 Å². The first-order valence-electron chi connectivity index (χ1n) is 15.5. The lowest BCUT2D eigenvalue weighted by Gasteiger charge is -2.46. The Morgan fingerprint density at radius 3 is 1.12 bits per heavy atom. The maximum absolute atomic E-state index is 13.5. The van der Waals surface area contributed by atoms with E-state index in [0.717, 1.165) is 0 Å². The second-order valence-corrected chi connectivity index (χ2v) is 11.9. The molecule has 0 aromatic heterocycles. The molecule has 23 heteroatoms. The summed E-state index contributed by atoms with van der Waals surface area (Å²) in [6.07, 6.45) is -10.2. The van der Waals surface area contributed by atoms with E-state index in [4.69, 9.17) is 23.7 Å². The molecule has 1 aliphatic rings. The van der Waals surface area contributed by atoms with Crippen LogP contribution in [0.1, 0.15) is 41.4 Å². The topological polar surface area (TPSA) is 398 Å². The number of benzene rings is 4. The lowest BCUT2D eigenvalue weighted by molar-refractivity contribution is -0.425. The molecule has 1 aliphatic heterocycles. The molecule has 14 N–H and O–H groups in total. The first kappa shape index (κ1) is 40.4. The summed E-state index contributed by atoms with van der Waals surface area (Å²) in [5, 5.41) is 141. The minimum atomic E-state index is -3.74. The van der Waals surface area contributed by atoms with Crippen molar-refractivity contribution in [3.63, 3.8) is 0 Å². The molecule has 4 aromatic rings. The van der Waals surface area contributed by atoms with Crippen molar-refractivity contribution in [2.45, 2.75) is 30.4 Å². The van der Waals surface area contributed by atoms with Gasteiger partial charge in [-0.05, 0) is 48.5 Å². The highest BCUT2D eigenvalue weighted by atomic mass is 16.9. The number of carbonyl (C=O) groups is 4. The lowest BCUT2D eigenvalue weighted by Crippen LogP contribution is -2.69. The zero-order valence-electron chi connectivity index (χ0n) is 28.1. The van der Waals surface area contributed by atoms with Gasteiger partial charge in [-0.1, -0.05) is 0 Å². The summed E-state index contributed by atoms with van der Waals surface area (Å²) in [6.45, 7) is -1.26. The summed E-state index contributed by atoms with van der Waals surface area (Å²) in [5.74, 6) is -23.3. The Bertz CT molecular complexity index is 2120. The molecule has 0 bridgehead atoms. The molecule has 0 unspecified atom stereocenters. The highest BCUT2D eigenvalue weighted by Gasteiger charge is 2.62. The number of phenolic OH excluding ortho intramolecular Hbond substituents is 12. The SMILES string of the molecule is O=C(OC[C@H]1OC(OC(=O)c2cc(O)c(O)c(O)c2)(OC(=O)c2cc(O)c(O)c(O)c2)[C@H](O)[C@@H](OC(=O)c2cc(O)c(O)c(O)c2)[C@@H]1O)c1cc(O)c(O)c(O)c1. The van der Waals surface area contributed by atoms with E-state index < -0.39 is 152 Å². The normalized spacial score (nSPS) is 18.6. The largest absolute Gasteiger partial charge is 0.504 e. The third-order valence-electron chi connectivity index (χ3n) is 8.02. The van der Waals surface area contributed by atoms with E-state index in [9.17, 15) is 90.7 Å². The molecule has 1 fully saturated rings. The minimum absolute atomic E-state index is 0.496. The van der Waals surface area contributed by atoms with Crippen LogP contribution in [0.3, 0.4) is 0 Å². The first-order valence-corrected chi connectivity index (χ1v) is 15.5. The van der Waals surface area contributed by atoms with Crippen LogP contribution >= 0.6 is 0 Å². The lowest BCUT2D eigenvalue weighted by atomic mass is 9.96. The molecule has 4 aromatic carbocycles. The average molecular weight is 805 g/mol. The Morgan fingerprint density at radius 2 is 0.789 bits per heavy atom. The number of phenols is 12. The van der Waals surface area contributed by atoms with Crippen molar-refractivity contribution in [3.05, 3.63) is 70.8 Å². The molecule has 5 rings (SSSR count). The van der Waals surface area contributed by atoms with Crippen molar-refractivity contribution in [3.8, 4) is 69.0 Å². The van der Waals surface area contributed by atoms with Gasteiger partial charge >= 0.3 is 29.9 Å². The Labute approximate surface area is 315 Å². The number of hydrogen-bond donors (Lipinski definition) is 14. The summed E-state index contributed by atoms with van der Waals surface area (Å²) in [6, 6.07) is 4.35.